The van der Waals surface area contributed by atoms with Crippen LogP contribution in [0.15, 0.2) is 48.5 Å². The van der Waals surface area contributed by atoms with Gasteiger partial charge in [-0.3, -0.25) is 14.5 Å². The number of ether oxygens (including phenoxy) is 8. The van der Waals surface area contributed by atoms with Gasteiger partial charge in [0.2, 0.25) is 0 Å². The van der Waals surface area contributed by atoms with Crippen LogP contribution in [0.1, 0.15) is 104 Å². The zero-order chi connectivity index (χ0) is 58.8. The van der Waals surface area contributed by atoms with Gasteiger partial charge in [0.25, 0.3) is 5.91 Å². The molecule has 0 radical (unpaired) electrons. The summed E-state index contributed by atoms with van der Waals surface area (Å²) in [7, 11) is 7.06. The van der Waals surface area contributed by atoms with Crippen LogP contribution in [0.25, 0.3) is 21.6 Å². The number of benzene rings is 2. The van der Waals surface area contributed by atoms with Crippen LogP contribution in [0.2, 0.25) is 5.02 Å². The first-order chi connectivity index (χ1) is 37.6. The van der Waals surface area contributed by atoms with Gasteiger partial charge in [-0.2, -0.15) is 0 Å². The van der Waals surface area contributed by atoms with Crippen molar-refractivity contribution in [2.45, 2.75) is 183 Å². The summed E-state index contributed by atoms with van der Waals surface area (Å²) in [6.45, 7) is 16.5. The van der Waals surface area contributed by atoms with Crippen molar-refractivity contribution in [1.29, 1.82) is 0 Å². The van der Waals surface area contributed by atoms with E-state index in [2.05, 4.69) is 10.6 Å². The summed E-state index contributed by atoms with van der Waals surface area (Å²) in [5.41, 5.74) is -2.21. The Balaban J connectivity index is 1.06. The molecule has 18 atom stereocenters. The third-order valence-corrected chi connectivity index (χ3v) is 19.4. The summed E-state index contributed by atoms with van der Waals surface area (Å²) in [4.78, 5) is 47.3. The Labute approximate surface area is 493 Å². The number of hydrogen-bond acceptors (Lipinski definition) is 18. The van der Waals surface area contributed by atoms with E-state index in [9.17, 15) is 34.8 Å². The predicted octanol–water partition coefficient (Wildman–Crippen LogP) is 7.98. The highest BCUT2D eigenvalue weighted by atomic mass is 127. The van der Waals surface area contributed by atoms with Crippen LogP contribution < -0.4 is 15.4 Å². The number of carbonyl (C=O) groups excluding carboxylic acids is 3. The number of nitrogens with zero attached hydrogens (tertiary/aromatic N) is 2. The number of alkyl carbamates (subject to hydrolysis) is 1. The summed E-state index contributed by atoms with van der Waals surface area (Å²) in [5.74, 6) is -1.91. The van der Waals surface area contributed by atoms with Crippen molar-refractivity contribution < 1.29 is 72.7 Å². The maximum atomic E-state index is 14.7. The molecule has 0 spiro atoms. The molecule has 7 rings (SSSR count). The molecule has 1 aromatic heterocycles. The Hall–Kier alpha value is -3.27. The van der Waals surface area contributed by atoms with E-state index in [0.717, 1.165) is 21.6 Å². The number of para-hydroxylation sites is 1. The molecule has 0 bridgehead atoms. The van der Waals surface area contributed by atoms with Gasteiger partial charge in [-0.15, -0.1) is 11.3 Å². The van der Waals surface area contributed by atoms with E-state index < -0.39 is 100 Å². The second-order valence-corrected chi connectivity index (χ2v) is 26.1. The molecule has 5 heterocycles. The second-order valence-electron chi connectivity index (χ2n) is 23.4. The second kappa shape index (κ2) is 26.8. The van der Waals surface area contributed by atoms with Crippen LogP contribution in [-0.4, -0.2) is 184 Å². The number of aliphatic hydroxyl groups excluding tert-OH is 2. The first kappa shape index (κ1) is 64.3. The standard InChI is InChI=1S/C58H84ClIN4O15S/c1-30-27-56(7,70)49(77-53-45(65)40(63(10)11)24-31(2)73-53)32(3)46(76-44-28-57(8,72-13)48(66)35(6)74-44)33(4)52(68)79-54(60)58(9,71)50(34(5)64(12)29-30)78-55(69)62-23-17-16-22-61-51(67)43-26-39-38-25-36(59)20-21-42(38)75-41-19-15-14-18-37(41)47(39)80-43/h14-15,18-21,25-26,30-35,40,44-46,48-50,53-54,65-66,70-71H,16-17,22-24,27-29H2,1-13H3,(H,61,67)(H,62,69)/t30-,31-,32+,33-,34-,35+,40+,44+,45-,46+,48+,49-,50?,53+,54+,56-,57-,58+/m1/s1. The Kier molecular flexibility index (Phi) is 21.5. The molecule has 0 saturated carbocycles. The Morgan fingerprint density at radius 2 is 1.57 bits per heavy atom. The molecule has 446 valence electrons. The highest BCUT2D eigenvalue weighted by Gasteiger charge is 2.53. The van der Waals surface area contributed by atoms with Crippen molar-refractivity contribution in [2.75, 3.05) is 47.9 Å². The highest BCUT2D eigenvalue weighted by molar-refractivity contribution is 14.1. The summed E-state index contributed by atoms with van der Waals surface area (Å²) < 4.78 is 49.2. The van der Waals surface area contributed by atoms with Crippen molar-refractivity contribution in [2.24, 2.45) is 17.8 Å². The van der Waals surface area contributed by atoms with E-state index in [1.165, 1.54) is 25.4 Å². The number of methoxy groups -OCH3 is 1. The molecule has 3 aromatic rings. The van der Waals surface area contributed by atoms with Crippen molar-refractivity contribution in [3.05, 3.63) is 58.4 Å². The van der Waals surface area contributed by atoms with Crippen molar-refractivity contribution in [1.82, 2.24) is 20.4 Å². The van der Waals surface area contributed by atoms with Gasteiger partial charge in [0.15, 0.2) is 22.8 Å². The maximum absolute atomic E-state index is 14.7. The first-order valence-corrected chi connectivity index (χ1v) is 30.1. The van der Waals surface area contributed by atoms with Crippen LogP contribution in [-0.2, 0) is 38.0 Å². The minimum Gasteiger partial charge on any atom is -0.456 e. The summed E-state index contributed by atoms with van der Waals surface area (Å²) in [6, 6.07) is 14.0. The van der Waals surface area contributed by atoms with Crippen LogP contribution in [0.5, 0.6) is 11.5 Å². The van der Waals surface area contributed by atoms with Gasteiger partial charge in [0.05, 0.1) is 46.4 Å². The summed E-state index contributed by atoms with van der Waals surface area (Å²) >= 11 is 9.63. The zero-order valence-corrected chi connectivity index (χ0v) is 52.0. The number of hydrogen-bond donors (Lipinski definition) is 6. The molecule has 22 heteroatoms. The van der Waals surface area contributed by atoms with E-state index >= 15 is 0 Å². The molecule has 4 aliphatic rings. The average Bonchev–Trinajstić information content (AvgIpc) is 3.97. The number of alkyl halides is 1. The summed E-state index contributed by atoms with van der Waals surface area (Å²) in [6.07, 6.45) is -7.89. The van der Waals surface area contributed by atoms with Gasteiger partial charge in [0.1, 0.15) is 29.3 Å². The molecule has 3 saturated heterocycles. The molecular formula is C58H84ClIN4O15S. The minimum atomic E-state index is -1.98. The van der Waals surface area contributed by atoms with Crippen molar-refractivity contribution >= 4 is 63.5 Å². The lowest BCUT2D eigenvalue weighted by Gasteiger charge is -2.48. The topological polar surface area (TPSA) is 237 Å². The van der Waals surface area contributed by atoms with Gasteiger partial charge in [-0.25, -0.2) is 4.79 Å². The van der Waals surface area contributed by atoms with Gasteiger partial charge in [-0.1, -0.05) is 37.6 Å². The Morgan fingerprint density at radius 1 is 0.900 bits per heavy atom. The number of unbranched alkanes of at least 4 members (excludes halogenated alkanes) is 1. The lowest BCUT2D eigenvalue weighted by molar-refractivity contribution is -0.317. The molecule has 6 N–H and O–H groups in total. The lowest BCUT2D eigenvalue weighted by Crippen LogP contribution is -2.60. The highest BCUT2D eigenvalue weighted by Crippen LogP contribution is 2.51. The fourth-order valence-electron chi connectivity index (χ4n) is 11.8. The number of nitrogens with one attached hydrogen (secondary N) is 2. The number of aliphatic hydroxyl groups is 4. The number of cyclic esters (lactones) is 1. The van der Waals surface area contributed by atoms with E-state index in [1.54, 1.807) is 47.6 Å². The molecule has 80 heavy (non-hydrogen) atoms. The predicted molar refractivity (Wildman–Crippen MR) is 312 cm³/mol. The van der Waals surface area contributed by atoms with E-state index in [1.807, 2.05) is 110 Å². The molecule has 2 amide bonds. The molecule has 19 nitrogen and oxygen atoms in total. The first-order valence-electron chi connectivity index (χ1n) is 27.7. The number of likely N-dealkylation sites (N-methyl/N-ethyl adjacent to an activating group) is 2. The lowest BCUT2D eigenvalue weighted by atomic mass is 9.77. The Bertz CT molecular complexity index is 2610. The number of esters is 1. The molecule has 2 aromatic carbocycles. The van der Waals surface area contributed by atoms with Gasteiger partial charge < -0.3 is 73.9 Å². The van der Waals surface area contributed by atoms with Crippen LogP contribution >= 0.6 is 45.5 Å². The normalized spacial score (nSPS) is 36.4. The average molecular weight is 1270 g/mol. The number of rotatable bonds is 13. The number of thiophene rings is 1. The third-order valence-electron chi connectivity index (χ3n) is 16.5. The summed E-state index contributed by atoms with van der Waals surface area (Å²) in [5, 5.41) is 54.6. The number of halogens is 2. The zero-order valence-electron chi connectivity index (χ0n) is 48.3. The monoisotopic (exact) mass is 1270 g/mol. The Morgan fingerprint density at radius 3 is 2.26 bits per heavy atom. The van der Waals surface area contributed by atoms with Gasteiger partial charge in [0, 0.05) is 77.8 Å². The molecule has 1 unspecified atom stereocenters. The van der Waals surface area contributed by atoms with Crippen LogP contribution in [0.3, 0.4) is 0 Å². The van der Waals surface area contributed by atoms with E-state index in [0.29, 0.717) is 53.8 Å². The van der Waals surface area contributed by atoms with Crippen LogP contribution in [0, 0.1) is 17.8 Å². The quantitative estimate of drug-likeness (QED) is 0.0322. The van der Waals surface area contributed by atoms with Gasteiger partial charge >= 0.3 is 12.1 Å². The fraction of sp³-hybridized carbons (Fsp3) is 0.672. The van der Waals surface area contributed by atoms with E-state index in [-0.39, 0.29) is 43.4 Å². The smallest absolute Gasteiger partial charge is 0.407 e. The molecule has 0 aliphatic carbocycles. The minimum absolute atomic E-state index is 0.0770. The number of amides is 2. The van der Waals surface area contributed by atoms with Gasteiger partial charge in [-0.05, 0) is 160 Å². The maximum Gasteiger partial charge on any atom is 0.407 e. The SMILES string of the molecule is CO[C@]1(C)C[C@H](O[C@H]2[C@H](C)[C@@H](O[C@@H]3O[C@H](C)C[C@H](N(C)C)[C@H]3O)[C@](C)(O)C[C@@H](C)CN(C)[C@H](C)C(OC(=O)NCCCCNC(=O)c3cc4c(s3)-c3ccccc3Oc3ccc(Cl)cc3-4)[C@](C)(O)[C@@H](I)OC(=O)[C@@H]2C)O[C@@H](C)[C@@H]1O. The van der Waals surface area contributed by atoms with E-state index in [4.69, 9.17) is 49.5 Å². The number of carbonyl (C=O) groups is 3. The third kappa shape index (κ3) is 14.6. The molecule has 4 aliphatic heterocycles. The van der Waals surface area contributed by atoms with Crippen molar-refractivity contribution in [3.63, 3.8) is 0 Å². The largest absolute Gasteiger partial charge is 0.456 e. The molecule has 3 fully saturated rings. The van der Waals surface area contributed by atoms with Crippen LogP contribution in [0.4, 0.5) is 4.79 Å². The van der Waals surface area contributed by atoms with Crippen molar-refractivity contribution in [3.8, 4) is 33.1 Å². The molecular weight excluding hydrogens is 1190 g/mol. The fourth-order valence-corrected chi connectivity index (χ4v) is 13.7. The number of fused-ring (bicyclic) bond motifs is 5.